The Labute approximate surface area is 174 Å². The summed E-state index contributed by atoms with van der Waals surface area (Å²) in [6, 6.07) is 17.1. The van der Waals surface area contributed by atoms with Gasteiger partial charge in [0.2, 0.25) is 5.91 Å². The van der Waals surface area contributed by atoms with Crippen LogP contribution in [0.3, 0.4) is 0 Å². The molecule has 0 radical (unpaired) electrons. The molecule has 1 aliphatic carbocycles. The molecule has 3 aromatic rings. The number of hydrogen-bond acceptors (Lipinski definition) is 4. The van der Waals surface area contributed by atoms with Crippen LogP contribution < -0.4 is 16.4 Å². The molecule has 2 aromatic carbocycles. The van der Waals surface area contributed by atoms with E-state index in [2.05, 4.69) is 34.5 Å². The highest BCUT2D eigenvalue weighted by molar-refractivity contribution is 5.81. The fraction of sp³-hybridized carbons (Fsp3) is 0.348. The van der Waals surface area contributed by atoms with E-state index >= 15 is 0 Å². The Balaban J connectivity index is 1.41. The summed E-state index contributed by atoms with van der Waals surface area (Å²) in [6.07, 6.45) is 2.33. The zero-order valence-electron chi connectivity index (χ0n) is 17.0. The molecule has 1 saturated carbocycles. The molecule has 1 aromatic heterocycles. The topological polar surface area (TPSA) is 87.2 Å². The van der Waals surface area contributed by atoms with E-state index in [4.69, 9.17) is 0 Å². The van der Waals surface area contributed by atoms with Crippen molar-refractivity contribution in [3.8, 4) is 0 Å². The van der Waals surface area contributed by atoms with Crippen LogP contribution in [0.5, 0.6) is 0 Å². The fourth-order valence-electron chi connectivity index (χ4n) is 3.93. The lowest BCUT2D eigenvalue weighted by Gasteiger charge is -2.28. The standard InChI is InChI=1S/C23H26N4O3/c1-26(14-16-7-3-2-4-8-16)20(17-11-12-17)13-24-21(28)15-27-23(30)19-10-6-5-9-18(19)22(29)25-27/h2-10,17,20H,11-15H2,1H3,(H,24,28)(H,25,29)/t20-/m0/s1. The number of rotatable bonds is 8. The lowest BCUT2D eigenvalue weighted by atomic mass is 10.1. The Kier molecular flexibility index (Phi) is 5.81. The minimum atomic E-state index is -0.378. The predicted octanol–water partition coefficient (Wildman–Crippen LogP) is 1.72. The molecule has 7 heteroatoms. The second kappa shape index (κ2) is 8.67. The van der Waals surface area contributed by atoms with Gasteiger partial charge in [-0.1, -0.05) is 42.5 Å². The first-order chi connectivity index (χ1) is 14.5. The SMILES string of the molecule is CN(Cc1ccccc1)[C@@H](CNC(=O)Cn1[nH]c(=O)c2ccccc2c1=O)C1CC1. The fourth-order valence-corrected chi connectivity index (χ4v) is 3.93. The van der Waals surface area contributed by atoms with Crippen LogP contribution in [-0.4, -0.2) is 40.2 Å². The highest BCUT2D eigenvalue weighted by atomic mass is 16.2. The molecular weight excluding hydrogens is 380 g/mol. The number of carbonyl (C=O) groups is 1. The van der Waals surface area contributed by atoms with E-state index in [0.717, 1.165) is 24.1 Å². The summed E-state index contributed by atoms with van der Waals surface area (Å²) in [4.78, 5) is 39.6. The average molecular weight is 406 g/mol. The minimum absolute atomic E-state index is 0.210. The first-order valence-corrected chi connectivity index (χ1v) is 10.3. The quantitative estimate of drug-likeness (QED) is 0.596. The predicted molar refractivity (Wildman–Crippen MR) is 116 cm³/mol. The molecule has 30 heavy (non-hydrogen) atoms. The molecule has 7 nitrogen and oxygen atoms in total. The van der Waals surface area contributed by atoms with E-state index in [0.29, 0.717) is 23.2 Å². The van der Waals surface area contributed by atoms with Crippen molar-refractivity contribution < 1.29 is 4.79 Å². The summed E-state index contributed by atoms with van der Waals surface area (Å²) in [5, 5.41) is 6.10. The maximum absolute atomic E-state index is 12.6. The van der Waals surface area contributed by atoms with E-state index in [1.54, 1.807) is 24.3 Å². The van der Waals surface area contributed by atoms with Crippen LogP contribution in [0.1, 0.15) is 18.4 Å². The summed E-state index contributed by atoms with van der Waals surface area (Å²) in [5.41, 5.74) is 0.481. The van der Waals surface area contributed by atoms with Crippen molar-refractivity contribution in [2.45, 2.75) is 32.0 Å². The number of aromatic amines is 1. The number of hydrogen-bond donors (Lipinski definition) is 2. The van der Waals surface area contributed by atoms with Gasteiger partial charge in [-0.05, 0) is 43.5 Å². The Morgan fingerprint density at radius 3 is 2.47 bits per heavy atom. The monoisotopic (exact) mass is 406 g/mol. The molecule has 1 heterocycles. The number of nitrogens with zero attached hydrogens (tertiary/aromatic N) is 2. The molecule has 0 bridgehead atoms. The maximum atomic E-state index is 12.6. The average Bonchev–Trinajstić information content (AvgIpc) is 3.58. The first-order valence-electron chi connectivity index (χ1n) is 10.3. The van der Waals surface area contributed by atoms with Gasteiger partial charge >= 0.3 is 0 Å². The van der Waals surface area contributed by atoms with Gasteiger partial charge in [0, 0.05) is 19.1 Å². The van der Waals surface area contributed by atoms with Gasteiger partial charge in [0.25, 0.3) is 11.1 Å². The van der Waals surface area contributed by atoms with Crippen LogP contribution in [0.25, 0.3) is 10.8 Å². The summed E-state index contributed by atoms with van der Waals surface area (Å²) < 4.78 is 1.08. The molecule has 1 fully saturated rings. The second-order valence-electron chi connectivity index (χ2n) is 7.99. The van der Waals surface area contributed by atoms with Crippen LogP contribution in [0.4, 0.5) is 0 Å². The Morgan fingerprint density at radius 2 is 1.77 bits per heavy atom. The molecule has 0 saturated heterocycles. The summed E-state index contributed by atoms with van der Waals surface area (Å²) >= 11 is 0. The minimum Gasteiger partial charge on any atom is -0.353 e. The molecule has 2 N–H and O–H groups in total. The molecule has 1 aliphatic rings. The highest BCUT2D eigenvalue weighted by Gasteiger charge is 2.34. The molecule has 156 valence electrons. The van der Waals surface area contributed by atoms with Crippen LogP contribution in [0, 0.1) is 5.92 Å². The van der Waals surface area contributed by atoms with Crippen molar-refractivity contribution >= 4 is 16.7 Å². The first kappa shape index (κ1) is 20.1. The highest BCUT2D eigenvalue weighted by Crippen LogP contribution is 2.35. The summed E-state index contributed by atoms with van der Waals surface area (Å²) in [5.74, 6) is 0.281. The number of H-pyrrole nitrogens is 1. The molecule has 0 spiro atoms. The Bertz CT molecular complexity index is 1150. The third-order valence-electron chi connectivity index (χ3n) is 5.70. The van der Waals surface area contributed by atoms with Crippen molar-refractivity contribution in [3.05, 3.63) is 80.9 Å². The Morgan fingerprint density at radius 1 is 1.10 bits per heavy atom. The van der Waals surface area contributed by atoms with Gasteiger partial charge in [-0.25, -0.2) is 4.68 Å². The van der Waals surface area contributed by atoms with Gasteiger partial charge in [0.1, 0.15) is 6.54 Å². The van der Waals surface area contributed by atoms with E-state index < -0.39 is 0 Å². The van der Waals surface area contributed by atoms with E-state index in [-0.39, 0.29) is 29.6 Å². The number of benzene rings is 2. The van der Waals surface area contributed by atoms with Gasteiger partial charge in [0.05, 0.1) is 10.8 Å². The normalized spacial score (nSPS) is 14.7. The molecular formula is C23H26N4O3. The number of likely N-dealkylation sites (N-methyl/N-ethyl adjacent to an activating group) is 1. The maximum Gasteiger partial charge on any atom is 0.273 e. The molecule has 1 atom stereocenters. The molecule has 4 rings (SSSR count). The van der Waals surface area contributed by atoms with Crippen molar-refractivity contribution in [3.63, 3.8) is 0 Å². The molecule has 0 unspecified atom stereocenters. The summed E-state index contributed by atoms with van der Waals surface area (Å²) in [7, 11) is 2.08. The van der Waals surface area contributed by atoms with Gasteiger partial charge in [-0.15, -0.1) is 0 Å². The number of fused-ring (bicyclic) bond motifs is 1. The van der Waals surface area contributed by atoms with Crippen LogP contribution in [0.2, 0.25) is 0 Å². The number of amides is 1. The van der Waals surface area contributed by atoms with Gasteiger partial charge in [-0.2, -0.15) is 0 Å². The Hall–Kier alpha value is -3.19. The molecule has 1 amide bonds. The van der Waals surface area contributed by atoms with Crippen LogP contribution in [0.15, 0.2) is 64.2 Å². The van der Waals surface area contributed by atoms with Crippen molar-refractivity contribution in [2.24, 2.45) is 5.92 Å². The zero-order chi connectivity index (χ0) is 21.1. The largest absolute Gasteiger partial charge is 0.353 e. The third kappa shape index (κ3) is 4.52. The second-order valence-corrected chi connectivity index (χ2v) is 7.99. The lowest BCUT2D eigenvalue weighted by Crippen LogP contribution is -2.45. The van der Waals surface area contributed by atoms with Crippen LogP contribution in [-0.2, 0) is 17.9 Å². The summed E-state index contributed by atoms with van der Waals surface area (Å²) in [6.45, 7) is 1.12. The number of aromatic nitrogens is 2. The number of nitrogens with one attached hydrogen (secondary N) is 2. The van der Waals surface area contributed by atoms with Crippen LogP contribution >= 0.6 is 0 Å². The van der Waals surface area contributed by atoms with Crippen molar-refractivity contribution in [1.82, 2.24) is 20.0 Å². The smallest absolute Gasteiger partial charge is 0.273 e. The van der Waals surface area contributed by atoms with E-state index in [1.165, 1.54) is 5.56 Å². The van der Waals surface area contributed by atoms with E-state index in [1.807, 2.05) is 18.2 Å². The van der Waals surface area contributed by atoms with Gasteiger partial charge in [0.15, 0.2) is 0 Å². The zero-order valence-corrected chi connectivity index (χ0v) is 17.0. The third-order valence-corrected chi connectivity index (χ3v) is 5.70. The molecule has 0 aliphatic heterocycles. The van der Waals surface area contributed by atoms with Crippen molar-refractivity contribution in [1.29, 1.82) is 0 Å². The van der Waals surface area contributed by atoms with Crippen molar-refractivity contribution in [2.75, 3.05) is 13.6 Å². The van der Waals surface area contributed by atoms with Gasteiger partial charge < -0.3 is 5.32 Å². The lowest BCUT2D eigenvalue weighted by molar-refractivity contribution is -0.122. The van der Waals surface area contributed by atoms with Gasteiger partial charge in [-0.3, -0.25) is 24.4 Å². The number of carbonyl (C=O) groups excluding carboxylic acids is 1. The van der Waals surface area contributed by atoms with E-state index in [9.17, 15) is 14.4 Å².